The van der Waals surface area contributed by atoms with Gasteiger partial charge in [-0.3, -0.25) is 0 Å². The predicted octanol–water partition coefficient (Wildman–Crippen LogP) is 3.31. The summed E-state index contributed by atoms with van der Waals surface area (Å²) in [4.78, 5) is 0. The van der Waals surface area contributed by atoms with Gasteiger partial charge in [0.15, 0.2) is 24.7 Å². The minimum atomic E-state index is 0.537. The van der Waals surface area contributed by atoms with E-state index in [2.05, 4.69) is 36.3 Å². The van der Waals surface area contributed by atoms with Crippen LogP contribution in [0.3, 0.4) is 0 Å². The van der Waals surface area contributed by atoms with Crippen molar-refractivity contribution in [3.63, 3.8) is 0 Å². The predicted molar refractivity (Wildman–Crippen MR) is 83.6 cm³/mol. The fourth-order valence-electron chi connectivity index (χ4n) is 2.36. The Balaban J connectivity index is 1.93. The van der Waals surface area contributed by atoms with Gasteiger partial charge in [0.05, 0.1) is 0 Å². The van der Waals surface area contributed by atoms with Gasteiger partial charge in [0, 0.05) is 17.7 Å². The van der Waals surface area contributed by atoms with Gasteiger partial charge in [-0.2, -0.15) is 4.57 Å². The molecule has 104 valence electrons. The van der Waals surface area contributed by atoms with Crippen LogP contribution in [0.1, 0.15) is 11.1 Å². The normalized spacial score (nSPS) is 11.8. The first-order chi connectivity index (χ1) is 10.3. The molecule has 1 heterocycles. The van der Waals surface area contributed by atoms with Crippen molar-refractivity contribution in [2.75, 3.05) is 0 Å². The second kappa shape index (κ2) is 5.75. The number of pyridine rings is 1. The lowest BCUT2D eigenvalue weighted by Gasteiger charge is -2.04. The molecule has 2 aromatic carbocycles. The molecule has 0 saturated carbocycles. The maximum Gasteiger partial charge on any atom is 0.194 e. The molecule has 0 saturated heterocycles. The standard InChI is InChI=1S/C18H16N2O/c1-14-8-10-20(11-9-14)13-18(19-21)17-7-6-15-4-2-3-5-16(15)12-17/h2-12H,13H2,1H3/p+1/b19-18+. The van der Waals surface area contributed by atoms with E-state index >= 15 is 0 Å². The molecular formula is C18H17N2O+. The third-order valence-electron chi connectivity index (χ3n) is 3.59. The molecule has 0 aliphatic heterocycles. The summed E-state index contributed by atoms with van der Waals surface area (Å²) in [5.74, 6) is 0. The number of aryl methyl sites for hydroxylation is 1. The van der Waals surface area contributed by atoms with Crippen molar-refractivity contribution >= 4 is 16.5 Å². The monoisotopic (exact) mass is 277 g/mol. The van der Waals surface area contributed by atoms with Crippen LogP contribution in [0.5, 0.6) is 0 Å². The van der Waals surface area contributed by atoms with Crippen LogP contribution in [0.4, 0.5) is 0 Å². The number of nitrogens with zero attached hydrogens (tertiary/aromatic N) is 2. The van der Waals surface area contributed by atoms with Crippen LogP contribution in [0.25, 0.3) is 10.8 Å². The molecule has 0 amide bonds. The van der Waals surface area contributed by atoms with Crippen molar-refractivity contribution in [2.24, 2.45) is 5.16 Å². The summed E-state index contributed by atoms with van der Waals surface area (Å²) in [5.41, 5.74) is 2.79. The fourth-order valence-corrected chi connectivity index (χ4v) is 2.36. The summed E-state index contributed by atoms with van der Waals surface area (Å²) in [6.45, 7) is 2.59. The van der Waals surface area contributed by atoms with E-state index in [0.717, 1.165) is 10.9 Å². The first kappa shape index (κ1) is 13.3. The van der Waals surface area contributed by atoms with E-state index in [9.17, 15) is 5.21 Å². The summed E-state index contributed by atoms with van der Waals surface area (Å²) in [7, 11) is 0. The third kappa shape index (κ3) is 2.92. The van der Waals surface area contributed by atoms with E-state index in [0.29, 0.717) is 12.3 Å². The SMILES string of the molecule is Cc1cc[n+](C/C(=N\O)c2ccc3ccccc3c2)cc1. The zero-order valence-corrected chi connectivity index (χ0v) is 11.9. The summed E-state index contributed by atoms with van der Waals surface area (Å²) >= 11 is 0. The number of aromatic nitrogens is 1. The van der Waals surface area contributed by atoms with Gasteiger partial charge in [0.1, 0.15) is 0 Å². The van der Waals surface area contributed by atoms with Crippen LogP contribution < -0.4 is 4.57 Å². The van der Waals surface area contributed by atoms with Gasteiger partial charge >= 0.3 is 0 Å². The molecule has 3 heteroatoms. The maximum absolute atomic E-state index is 9.34. The van der Waals surface area contributed by atoms with E-state index in [1.165, 1.54) is 10.9 Å². The molecule has 0 aliphatic rings. The number of rotatable bonds is 3. The van der Waals surface area contributed by atoms with Crippen LogP contribution in [0, 0.1) is 6.92 Å². The van der Waals surface area contributed by atoms with Gasteiger partial charge in [0.2, 0.25) is 0 Å². The molecule has 0 spiro atoms. The van der Waals surface area contributed by atoms with Crippen molar-refractivity contribution in [1.82, 2.24) is 0 Å². The highest BCUT2D eigenvalue weighted by atomic mass is 16.4. The summed E-state index contributed by atoms with van der Waals surface area (Å²) < 4.78 is 2.00. The van der Waals surface area contributed by atoms with Crippen molar-refractivity contribution in [1.29, 1.82) is 0 Å². The molecule has 3 nitrogen and oxygen atoms in total. The Hall–Kier alpha value is -2.68. The molecule has 0 fully saturated rings. The van der Waals surface area contributed by atoms with E-state index in [4.69, 9.17) is 0 Å². The van der Waals surface area contributed by atoms with Gasteiger partial charge in [-0.1, -0.05) is 41.6 Å². The number of hydrogen-bond acceptors (Lipinski definition) is 2. The molecular weight excluding hydrogens is 260 g/mol. The molecule has 0 aliphatic carbocycles. The van der Waals surface area contributed by atoms with Crippen LogP contribution in [0.2, 0.25) is 0 Å². The van der Waals surface area contributed by atoms with Crippen molar-refractivity contribution in [3.05, 3.63) is 78.1 Å². The van der Waals surface area contributed by atoms with Gasteiger partial charge in [-0.05, 0) is 29.3 Å². The molecule has 3 aromatic rings. The van der Waals surface area contributed by atoms with Gasteiger partial charge < -0.3 is 5.21 Å². The number of oxime groups is 1. The van der Waals surface area contributed by atoms with E-state index in [-0.39, 0.29) is 0 Å². The zero-order valence-electron chi connectivity index (χ0n) is 11.9. The minimum absolute atomic E-state index is 0.537. The highest BCUT2D eigenvalue weighted by Gasteiger charge is 2.11. The number of fused-ring (bicyclic) bond motifs is 1. The lowest BCUT2D eigenvalue weighted by atomic mass is 10.0. The second-order valence-electron chi connectivity index (χ2n) is 5.16. The van der Waals surface area contributed by atoms with Crippen molar-refractivity contribution in [2.45, 2.75) is 13.5 Å². The quantitative estimate of drug-likeness (QED) is 0.339. The smallest absolute Gasteiger partial charge is 0.194 e. The average Bonchev–Trinajstić information content (AvgIpc) is 2.54. The first-order valence-corrected chi connectivity index (χ1v) is 6.92. The highest BCUT2D eigenvalue weighted by Crippen LogP contribution is 2.16. The lowest BCUT2D eigenvalue weighted by molar-refractivity contribution is -0.682. The molecule has 21 heavy (non-hydrogen) atoms. The molecule has 0 atom stereocenters. The Labute approximate surface area is 123 Å². The van der Waals surface area contributed by atoms with Gasteiger partial charge in [-0.25, -0.2) is 0 Å². The lowest BCUT2D eigenvalue weighted by Crippen LogP contribution is -2.37. The molecule has 0 radical (unpaired) electrons. The first-order valence-electron chi connectivity index (χ1n) is 6.92. The topological polar surface area (TPSA) is 36.5 Å². The molecule has 3 rings (SSSR count). The van der Waals surface area contributed by atoms with Gasteiger partial charge in [-0.15, -0.1) is 0 Å². The van der Waals surface area contributed by atoms with E-state index in [1.807, 2.05) is 47.3 Å². The van der Waals surface area contributed by atoms with Crippen LogP contribution in [-0.4, -0.2) is 10.9 Å². The Morgan fingerprint density at radius 1 is 1.00 bits per heavy atom. The van der Waals surface area contributed by atoms with Crippen molar-refractivity contribution in [3.8, 4) is 0 Å². The fraction of sp³-hybridized carbons (Fsp3) is 0.111. The van der Waals surface area contributed by atoms with Crippen molar-refractivity contribution < 1.29 is 9.77 Å². The highest BCUT2D eigenvalue weighted by molar-refractivity contribution is 6.02. The summed E-state index contributed by atoms with van der Waals surface area (Å²) in [6.07, 6.45) is 3.98. The Bertz CT molecular complexity index is 792. The molecule has 1 aromatic heterocycles. The Morgan fingerprint density at radius 2 is 1.71 bits per heavy atom. The molecule has 0 bridgehead atoms. The van der Waals surface area contributed by atoms with Crippen LogP contribution in [-0.2, 0) is 6.54 Å². The van der Waals surface area contributed by atoms with Gasteiger partial charge in [0.25, 0.3) is 0 Å². The maximum atomic E-state index is 9.34. The second-order valence-corrected chi connectivity index (χ2v) is 5.16. The van der Waals surface area contributed by atoms with Crippen LogP contribution in [0.15, 0.2) is 72.1 Å². The summed E-state index contributed by atoms with van der Waals surface area (Å²) in [6, 6.07) is 18.3. The number of benzene rings is 2. The summed E-state index contributed by atoms with van der Waals surface area (Å²) in [5, 5.41) is 15.1. The van der Waals surface area contributed by atoms with Crippen LogP contribution >= 0.6 is 0 Å². The molecule has 1 N–H and O–H groups in total. The minimum Gasteiger partial charge on any atom is -0.410 e. The Kier molecular flexibility index (Phi) is 3.65. The largest absolute Gasteiger partial charge is 0.410 e. The van der Waals surface area contributed by atoms with E-state index in [1.54, 1.807) is 0 Å². The zero-order chi connectivity index (χ0) is 14.7. The van der Waals surface area contributed by atoms with E-state index < -0.39 is 0 Å². The third-order valence-corrected chi connectivity index (χ3v) is 3.59. The average molecular weight is 277 g/mol. The number of hydrogen-bond donors (Lipinski definition) is 1. The Morgan fingerprint density at radius 3 is 2.43 bits per heavy atom. The molecule has 0 unspecified atom stereocenters.